The largest absolute Gasteiger partial charge is 0.508 e. The van der Waals surface area contributed by atoms with Crippen LogP contribution in [0.1, 0.15) is 59.4 Å². The second-order valence-electron chi connectivity index (χ2n) is 11.1. The molecule has 15 nitrogen and oxygen atoms in total. The number of hydrogen-bond donors (Lipinski definition) is 10. The molecule has 246 valence electrons. The number of phenols is 1. The number of phenolic OH excluding ortho intramolecular Hbond substituents is 1. The number of carbonyl (C=O) groups is 5. The zero-order valence-corrected chi connectivity index (χ0v) is 25.8. The Bertz CT molecular complexity index is 1140. The number of carboxylic acid groups (broad SMARTS) is 1. The van der Waals surface area contributed by atoms with Crippen molar-refractivity contribution in [1.29, 1.82) is 5.41 Å². The Balaban J connectivity index is 3.22. The van der Waals surface area contributed by atoms with Crippen molar-refractivity contribution < 1.29 is 39.3 Å². The number of aromatic hydroxyl groups is 1. The van der Waals surface area contributed by atoms with E-state index in [-0.39, 0.29) is 31.1 Å². The van der Waals surface area contributed by atoms with Gasteiger partial charge in [0.2, 0.25) is 23.6 Å². The van der Waals surface area contributed by atoms with Crippen LogP contribution >= 0.6 is 0 Å². The van der Waals surface area contributed by atoms with Crippen LogP contribution in [0.25, 0.3) is 0 Å². The molecule has 0 bridgehead atoms. The maximum absolute atomic E-state index is 13.5. The molecule has 0 spiro atoms. The molecule has 1 aromatic carbocycles. The lowest BCUT2D eigenvalue weighted by Crippen LogP contribution is -2.60. The van der Waals surface area contributed by atoms with E-state index in [9.17, 15) is 39.3 Å². The molecule has 4 amide bonds. The summed E-state index contributed by atoms with van der Waals surface area (Å²) in [7, 11) is 0. The Morgan fingerprint density at radius 3 is 1.89 bits per heavy atom. The molecule has 0 fully saturated rings. The molecule has 1 aromatic rings. The zero-order chi connectivity index (χ0) is 33.6. The van der Waals surface area contributed by atoms with E-state index < -0.39 is 71.7 Å². The third kappa shape index (κ3) is 12.9. The molecule has 0 aliphatic heterocycles. The third-order valence-electron chi connectivity index (χ3n) is 7.03. The summed E-state index contributed by atoms with van der Waals surface area (Å²) in [5.41, 5.74) is 5.85. The van der Waals surface area contributed by atoms with Gasteiger partial charge in [-0.2, -0.15) is 0 Å². The van der Waals surface area contributed by atoms with Crippen LogP contribution in [0.15, 0.2) is 24.3 Å². The smallest absolute Gasteiger partial charge is 0.326 e. The van der Waals surface area contributed by atoms with Crippen molar-refractivity contribution in [2.75, 3.05) is 6.54 Å². The third-order valence-corrected chi connectivity index (χ3v) is 7.03. The van der Waals surface area contributed by atoms with Gasteiger partial charge in [0.1, 0.15) is 36.0 Å². The van der Waals surface area contributed by atoms with E-state index >= 15 is 0 Å². The highest BCUT2D eigenvalue weighted by molar-refractivity contribution is 5.95. The molecule has 11 N–H and O–H groups in total. The van der Waals surface area contributed by atoms with Gasteiger partial charge in [-0.05, 0) is 49.3 Å². The number of rotatable bonds is 18. The highest BCUT2D eigenvalue weighted by atomic mass is 16.4. The SMILES string of the molecule is CC[C@H](C)[C@H](NC(=O)[C@H](Cc1ccc(O)cc1)NC(=O)[C@@H](NC(=O)[C@H](CCCNC(=N)N)NC(=O)C(C)O)C(C)C)C(=O)O. The summed E-state index contributed by atoms with van der Waals surface area (Å²) in [6.07, 6.45) is -0.555. The van der Waals surface area contributed by atoms with E-state index in [0.29, 0.717) is 18.4 Å². The lowest BCUT2D eigenvalue weighted by molar-refractivity contribution is -0.143. The number of aliphatic hydroxyl groups excluding tert-OH is 1. The van der Waals surface area contributed by atoms with Gasteiger partial charge in [-0.25, -0.2) is 4.79 Å². The summed E-state index contributed by atoms with van der Waals surface area (Å²) in [5, 5.41) is 49.0. The second kappa shape index (κ2) is 18.3. The van der Waals surface area contributed by atoms with Crippen molar-refractivity contribution in [2.24, 2.45) is 17.6 Å². The van der Waals surface area contributed by atoms with Gasteiger partial charge in [0, 0.05) is 13.0 Å². The topological polar surface area (TPSA) is 256 Å². The highest BCUT2D eigenvalue weighted by Gasteiger charge is 2.34. The van der Waals surface area contributed by atoms with Gasteiger partial charge < -0.3 is 47.6 Å². The summed E-state index contributed by atoms with van der Waals surface area (Å²) in [4.78, 5) is 64.2. The van der Waals surface area contributed by atoms with Crippen LogP contribution in [-0.4, -0.2) is 87.7 Å². The minimum atomic E-state index is -1.39. The van der Waals surface area contributed by atoms with Crippen LogP contribution in [0, 0.1) is 17.2 Å². The number of nitrogens with two attached hydrogens (primary N) is 1. The van der Waals surface area contributed by atoms with Crippen molar-refractivity contribution in [1.82, 2.24) is 26.6 Å². The van der Waals surface area contributed by atoms with E-state index in [1.54, 1.807) is 39.8 Å². The Morgan fingerprint density at radius 2 is 1.39 bits per heavy atom. The maximum Gasteiger partial charge on any atom is 0.326 e. The number of carboxylic acids is 1. The summed E-state index contributed by atoms with van der Waals surface area (Å²) >= 11 is 0. The first kappa shape index (κ1) is 37.6. The predicted molar refractivity (Wildman–Crippen MR) is 162 cm³/mol. The van der Waals surface area contributed by atoms with Crippen LogP contribution in [0.4, 0.5) is 0 Å². The standard InChI is InChI=1S/C29H47N7O8/c1-6-16(4)23(28(43)44)36-26(41)21(14-18-9-11-19(38)12-10-18)34-27(42)22(15(2)3)35-25(40)20(33-24(39)17(5)37)8-7-13-32-29(30)31/h9-12,15-17,20-23,37-38H,6-8,13-14H2,1-5H3,(H,33,39)(H,34,42)(H,35,40)(H,36,41)(H,43,44)(H4,30,31,32)/t16-,17?,20-,21-,22-,23-/m0/s1. The maximum atomic E-state index is 13.5. The zero-order valence-electron chi connectivity index (χ0n) is 25.8. The monoisotopic (exact) mass is 621 g/mol. The Morgan fingerprint density at radius 1 is 0.841 bits per heavy atom. The molecule has 0 aliphatic rings. The van der Waals surface area contributed by atoms with Crippen LogP contribution in [0.3, 0.4) is 0 Å². The summed E-state index contributed by atoms with van der Waals surface area (Å²) in [5.74, 6) is -5.33. The van der Waals surface area contributed by atoms with E-state index in [2.05, 4.69) is 26.6 Å². The first-order valence-electron chi connectivity index (χ1n) is 14.5. The normalized spacial score (nSPS) is 15.1. The van der Waals surface area contributed by atoms with Crippen LogP contribution in [0.5, 0.6) is 5.75 Å². The number of nitrogens with one attached hydrogen (secondary N) is 6. The van der Waals surface area contributed by atoms with Gasteiger partial charge in [0.25, 0.3) is 0 Å². The first-order chi connectivity index (χ1) is 20.6. The molecule has 15 heteroatoms. The van der Waals surface area contributed by atoms with Crippen LogP contribution in [-0.2, 0) is 30.4 Å². The number of hydrogen-bond acceptors (Lipinski definition) is 8. The average Bonchev–Trinajstić information content (AvgIpc) is 2.95. The number of aliphatic hydroxyl groups is 1. The molecule has 0 radical (unpaired) electrons. The van der Waals surface area contributed by atoms with Gasteiger partial charge in [0.05, 0.1) is 0 Å². The number of guanidine groups is 1. The van der Waals surface area contributed by atoms with E-state index in [0.717, 1.165) is 0 Å². The Labute approximate surface area is 257 Å². The molecule has 1 rings (SSSR count). The molecule has 0 aromatic heterocycles. The van der Waals surface area contributed by atoms with Crippen LogP contribution < -0.4 is 32.3 Å². The fourth-order valence-corrected chi connectivity index (χ4v) is 4.15. The lowest BCUT2D eigenvalue weighted by atomic mass is 9.97. The fraction of sp³-hybridized carbons (Fsp3) is 0.586. The molecule has 1 unspecified atom stereocenters. The minimum Gasteiger partial charge on any atom is -0.508 e. The first-order valence-corrected chi connectivity index (χ1v) is 14.5. The highest BCUT2D eigenvalue weighted by Crippen LogP contribution is 2.14. The minimum absolute atomic E-state index is 0.00149. The van der Waals surface area contributed by atoms with E-state index in [1.165, 1.54) is 19.1 Å². The Hall–Kier alpha value is -4.40. The van der Waals surface area contributed by atoms with Crippen molar-refractivity contribution in [3.05, 3.63) is 29.8 Å². The number of benzene rings is 1. The fourth-order valence-electron chi connectivity index (χ4n) is 4.15. The Kier molecular flexibility index (Phi) is 15.7. The summed E-state index contributed by atoms with van der Waals surface area (Å²) < 4.78 is 0. The van der Waals surface area contributed by atoms with Gasteiger partial charge in [-0.3, -0.25) is 24.6 Å². The predicted octanol–water partition coefficient (Wildman–Crippen LogP) is -0.695. The quantitative estimate of drug-likeness (QED) is 0.0560. The lowest BCUT2D eigenvalue weighted by Gasteiger charge is -2.28. The van der Waals surface area contributed by atoms with Gasteiger partial charge in [0.15, 0.2) is 5.96 Å². The average molecular weight is 622 g/mol. The van der Waals surface area contributed by atoms with Crippen molar-refractivity contribution in [3.8, 4) is 5.75 Å². The summed E-state index contributed by atoms with van der Waals surface area (Å²) in [6, 6.07) is 1.20. The molecule has 6 atom stereocenters. The number of amides is 4. The molecule has 0 aliphatic carbocycles. The molecule has 44 heavy (non-hydrogen) atoms. The van der Waals surface area contributed by atoms with Crippen LogP contribution in [0.2, 0.25) is 0 Å². The molecule has 0 saturated heterocycles. The van der Waals surface area contributed by atoms with E-state index in [1.807, 2.05) is 0 Å². The molecule has 0 heterocycles. The van der Waals surface area contributed by atoms with Crippen molar-refractivity contribution >= 4 is 35.6 Å². The van der Waals surface area contributed by atoms with Gasteiger partial charge in [-0.15, -0.1) is 0 Å². The molecule has 0 saturated carbocycles. The van der Waals surface area contributed by atoms with Crippen molar-refractivity contribution in [2.45, 2.75) is 90.6 Å². The summed E-state index contributed by atoms with van der Waals surface area (Å²) in [6.45, 7) is 8.28. The molecular weight excluding hydrogens is 574 g/mol. The number of aliphatic carboxylic acids is 1. The van der Waals surface area contributed by atoms with Crippen molar-refractivity contribution in [3.63, 3.8) is 0 Å². The number of carbonyl (C=O) groups excluding carboxylic acids is 4. The van der Waals surface area contributed by atoms with Gasteiger partial charge >= 0.3 is 5.97 Å². The molecular formula is C29H47N7O8. The van der Waals surface area contributed by atoms with Gasteiger partial charge in [-0.1, -0.05) is 46.2 Å². The second-order valence-corrected chi connectivity index (χ2v) is 11.1. The van der Waals surface area contributed by atoms with E-state index in [4.69, 9.17) is 11.1 Å².